The fraction of sp³-hybridized carbons (Fsp3) is 0. The molecule has 0 fully saturated rings. The second-order valence-electron chi connectivity index (χ2n) is 2.40. The van der Waals surface area contributed by atoms with Crippen LogP contribution < -0.4 is 0 Å². The fourth-order valence-electron chi connectivity index (χ4n) is 0.642. The second kappa shape index (κ2) is 83.2. The van der Waals surface area contributed by atoms with Crippen LogP contribution in [0.4, 0.5) is 0 Å². The van der Waals surface area contributed by atoms with Crippen LogP contribution in [0.1, 0.15) is 0 Å². The standard InChI is InChI=1S/2C5H5.C4H6.4CO.2Mn/c2*1-2-4-5-3-1;1-3-4-2;4*1-2;;/h2*1-5H;3-4H,1-2H2;;;;;;/q2*-1;;;;;;;. The third kappa shape index (κ3) is 88.1. The molecule has 0 spiro atoms. The first-order valence-electron chi connectivity index (χ1n) is 5.30. The third-order valence-electron chi connectivity index (χ3n) is 1.28. The third-order valence-corrected chi connectivity index (χ3v) is 1.28. The van der Waals surface area contributed by atoms with E-state index in [1.165, 1.54) is 0 Å². The van der Waals surface area contributed by atoms with Crippen LogP contribution in [-0.4, -0.2) is 0 Å². The summed E-state index contributed by atoms with van der Waals surface area (Å²) in [6.45, 7) is 24.7. The first-order valence-corrected chi connectivity index (χ1v) is 5.30. The van der Waals surface area contributed by atoms with Crippen molar-refractivity contribution in [2.24, 2.45) is 0 Å². The molecule has 0 saturated carbocycles. The summed E-state index contributed by atoms with van der Waals surface area (Å²) in [4.78, 5) is 0. The minimum absolute atomic E-state index is 0. The molecule has 0 bridgehead atoms. The smallest absolute Gasteiger partial charge is 0 e. The monoisotopic (exact) mass is 406 g/mol. The van der Waals surface area contributed by atoms with E-state index >= 15 is 0 Å². The molecule has 0 saturated heterocycles. The van der Waals surface area contributed by atoms with Crippen molar-refractivity contribution in [2.75, 3.05) is 0 Å². The minimum Gasteiger partial charge on any atom is -0.214 e. The van der Waals surface area contributed by atoms with Gasteiger partial charge in [0.05, 0.1) is 0 Å². The zero-order valence-corrected chi connectivity index (χ0v) is 15.1. The van der Waals surface area contributed by atoms with E-state index in [-0.39, 0.29) is 34.1 Å². The van der Waals surface area contributed by atoms with Crippen LogP contribution in [-0.2, 0) is 52.7 Å². The summed E-state index contributed by atoms with van der Waals surface area (Å²) in [6.07, 6.45) is 3.28. The Kier molecular flexibility index (Phi) is 150. The molecule has 2 rings (SSSR count). The molecule has 0 N–H and O–H groups in total. The van der Waals surface area contributed by atoms with Gasteiger partial charge in [0.2, 0.25) is 0 Å². The summed E-state index contributed by atoms with van der Waals surface area (Å²) < 4.78 is 30.0. The first-order chi connectivity index (χ1) is 10.9. The first kappa shape index (κ1) is 43.2. The van der Waals surface area contributed by atoms with Crippen molar-refractivity contribution in [3.8, 4) is 0 Å². The van der Waals surface area contributed by atoms with Gasteiger partial charge >= 0.3 is 45.2 Å². The largest absolute Gasteiger partial charge is 0.214 e. The molecule has 0 heterocycles. The molecule has 0 aliphatic heterocycles. The predicted octanol–water partition coefficient (Wildman–Crippen LogP) is 4.01. The summed E-state index contributed by atoms with van der Waals surface area (Å²) in [7, 11) is 0. The van der Waals surface area contributed by atoms with Gasteiger partial charge in [0, 0.05) is 34.1 Å². The molecular formula is C18H16Mn2O4-2. The van der Waals surface area contributed by atoms with E-state index in [2.05, 4.69) is 39.8 Å². The molecule has 0 aliphatic carbocycles. The summed E-state index contributed by atoms with van der Waals surface area (Å²) in [5.41, 5.74) is 0. The molecule has 2 aromatic carbocycles. The van der Waals surface area contributed by atoms with Gasteiger partial charge in [-0.25, -0.2) is 24.3 Å². The van der Waals surface area contributed by atoms with Gasteiger partial charge in [-0.15, -0.1) is 0 Å². The van der Waals surface area contributed by atoms with Gasteiger partial charge in [0.1, 0.15) is 0 Å². The van der Waals surface area contributed by atoms with E-state index in [0.29, 0.717) is 0 Å². The van der Waals surface area contributed by atoms with Crippen molar-refractivity contribution in [2.45, 2.75) is 0 Å². The van der Waals surface area contributed by atoms with Crippen LogP contribution in [0.15, 0.2) is 86.0 Å². The van der Waals surface area contributed by atoms with Gasteiger partial charge in [-0.3, -0.25) is 0 Å². The molecule has 4 nitrogen and oxygen atoms in total. The molecule has 2 aromatic rings. The maximum atomic E-state index is 7.50. The van der Waals surface area contributed by atoms with E-state index in [0.717, 1.165) is 0 Å². The molecule has 6 heteroatoms. The van der Waals surface area contributed by atoms with Crippen molar-refractivity contribution in [3.63, 3.8) is 0 Å². The van der Waals surface area contributed by atoms with Crippen LogP contribution in [0.5, 0.6) is 0 Å². The number of hydrogen-bond acceptors (Lipinski definition) is 0. The molecule has 0 aromatic heterocycles. The maximum Gasteiger partial charge on any atom is 0 e. The van der Waals surface area contributed by atoms with Gasteiger partial charge in [-0.1, -0.05) is 25.3 Å². The fourth-order valence-corrected chi connectivity index (χ4v) is 0.642. The van der Waals surface area contributed by atoms with Gasteiger partial charge < -0.3 is 0 Å². The number of rotatable bonds is 1. The molecule has 0 atom stereocenters. The number of allylic oxidation sites excluding steroid dienone is 2. The van der Waals surface area contributed by atoms with Crippen molar-refractivity contribution in [1.82, 2.24) is 0 Å². The maximum absolute atomic E-state index is 7.50. The molecule has 0 aliphatic rings. The van der Waals surface area contributed by atoms with Crippen LogP contribution in [0, 0.1) is 26.6 Å². The Labute approximate surface area is 165 Å². The number of hydrogen-bond donors (Lipinski definition) is 0. The summed E-state index contributed by atoms with van der Waals surface area (Å²) in [5, 5.41) is 0. The van der Waals surface area contributed by atoms with E-state index < -0.39 is 0 Å². The Morgan fingerprint density at radius 2 is 0.708 bits per heavy atom. The quantitative estimate of drug-likeness (QED) is 0.297. The summed E-state index contributed by atoms with van der Waals surface area (Å²) >= 11 is 0. The Morgan fingerprint density at radius 1 is 0.542 bits per heavy atom. The summed E-state index contributed by atoms with van der Waals surface area (Å²) in [6, 6.07) is 20.0. The molecule has 128 valence electrons. The minimum atomic E-state index is 0. The Balaban J connectivity index is -0.0000000292. The van der Waals surface area contributed by atoms with Crippen molar-refractivity contribution in [1.29, 1.82) is 0 Å². The Hall–Kier alpha value is -1.82. The van der Waals surface area contributed by atoms with Crippen molar-refractivity contribution in [3.05, 3.63) is 113 Å². The van der Waals surface area contributed by atoms with Gasteiger partial charge in [0.25, 0.3) is 0 Å². The SMILES string of the molecule is C=CC=C.[C-]#[O+].[C-]#[O+].[C-]#[O+].[C-]#[O+].[Mn].[Mn].c1cc[cH-]c1.c1cc[cH-]c1. The van der Waals surface area contributed by atoms with Crippen LogP contribution in [0.3, 0.4) is 0 Å². The average molecular weight is 406 g/mol. The van der Waals surface area contributed by atoms with Crippen molar-refractivity contribution >= 4 is 0 Å². The van der Waals surface area contributed by atoms with E-state index in [1.54, 1.807) is 12.2 Å². The molecule has 0 unspecified atom stereocenters. The normalized spacial score (nSPS) is 4.50. The molecule has 2 radical (unpaired) electrons. The van der Waals surface area contributed by atoms with Gasteiger partial charge in [-0.2, -0.15) is 36.4 Å². The average Bonchev–Trinajstić information content (AvgIpc) is 3.40. The van der Waals surface area contributed by atoms with E-state index in [4.69, 9.17) is 18.6 Å². The van der Waals surface area contributed by atoms with Gasteiger partial charge in [0.15, 0.2) is 0 Å². The van der Waals surface area contributed by atoms with E-state index in [9.17, 15) is 0 Å². The predicted molar refractivity (Wildman–Crippen MR) is 80.2 cm³/mol. The van der Waals surface area contributed by atoms with Crippen LogP contribution in [0.25, 0.3) is 0 Å². The van der Waals surface area contributed by atoms with Gasteiger partial charge in [-0.05, 0) is 0 Å². The zero-order valence-electron chi connectivity index (χ0n) is 12.7. The second-order valence-corrected chi connectivity index (χ2v) is 2.40. The van der Waals surface area contributed by atoms with Crippen LogP contribution in [0.2, 0.25) is 0 Å². The van der Waals surface area contributed by atoms with E-state index in [1.807, 2.05) is 60.7 Å². The van der Waals surface area contributed by atoms with Crippen molar-refractivity contribution < 1.29 is 52.7 Å². The molecule has 24 heavy (non-hydrogen) atoms. The molecular weight excluding hydrogens is 390 g/mol. The zero-order chi connectivity index (χ0) is 18.5. The Bertz CT molecular complexity index is 348. The van der Waals surface area contributed by atoms with Crippen LogP contribution >= 0.6 is 0 Å². The summed E-state index contributed by atoms with van der Waals surface area (Å²) in [5.74, 6) is 0. The molecule has 0 amide bonds. The Morgan fingerprint density at radius 3 is 0.750 bits per heavy atom. The topological polar surface area (TPSA) is 79.6 Å².